The van der Waals surface area contributed by atoms with Gasteiger partial charge in [-0.1, -0.05) is 12.8 Å². The number of hydrogen-bond donors (Lipinski definition) is 1. The van der Waals surface area contributed by atoms with Crippen LogP contribution in [0.25, 0.3) is 0 Å². The van der Waals surface area contributed by atoms with E-state index < -0.39 is 0 Å². The number of nitrogens with one attached hydrogen (secondary N) is 1. The van der Waals surface area contributed by atoms with Crippen molar-refractivity contribution in [1.82, 2.24) is 0 Å². The van der Waals surface area contributed by atoms with Crippen molar-refractivity contribution in [3.8, 4) is 5.75 Å². The SMILES string of the molecule is COc1ccc(Br)c(NCC2CCC3(CCCC3)O2)c1. The molecule has 1 aliphatic heterocycles. The first-order valence-electron chi connectivity index (χ1n) is 7.46. The van der Waals surface area contributed by atoms with Crippen LogP contribution >= 0.6 is 15.9 Å². The zero-order valence-corrected chi connectivity index (χ0v) is 13.5. The standard InChI is InChI=1S/C16H22BrNO2/c1-19-12-4-5-14(17)15(10-12)18-11-13-6-9-16(20-13)7-2-3-8-16/h4-5,10,13,18H,2-3,6-9,11H2,1H3. The molecule has 1 aromatic rings. The van der Waals surface area contributed by atoms with E-state index in [2.05, 4.69) is 21.2 Å². The molecular formula is C16H22BrNO2. The van der Waals surface area contributed by atoms with Crippen molar-refractivity contribution in [2.24, 2.45) is 0 Å². The van der Waals surface area contributed by atoms with Gasteiger partial charge in [0.05, 0.1) is 24.5 Å². The summed E-state index contributed by atoms with van der Waals surface area (Å²) in [5.74, 6) is 0.871. The highest BCUT2D eigenvalue weighted by molar-refractivity contribution is 9.10. The Morgan fingerprint density at radius 1 is 1.35 bits per heavy atom. The molecule has 2 fully saturated rings. The summed E-state index contributed by atoms with van der Waals surface area (Å²) in [6, 6.07) is 5.98. The lowest BCUT2D eigenvalue weighted by atomic mass is 9.98. The second kappa shape index (κ2) is 5.94. The lowest BCUT2D eigenvalue weighted by Gasteiger charge is -2.24. The van der Waals surface area contributed by atoms with E-state index in [1.807, 2.05) is 18.2 Å². The fourth-order valence-electron chi connectivity index (χ4n) is 3.42. The van der Waals surface area contributed by atoms with E-state index in [4.69, 9.17) is 9.47 Å². The van der Waals surface area contributed by atoms with Crippen LogP contribution in [0.1, 0.15) is 38.5 Å². The molecule has 0 aromatic heterocycles. The Balaban J connectivity index is 1.57. The molecule has 1 aromatic carbocycles. The van der Waals surface area contributed by atoms with E-state index in [0.717, 1.165) is 22.5 Å². The highest BCUT2D eigenvalue weighted by Gasteiger charge is 2.41. The van der Waals surface area contributed by atoms with Gasteiger partial charge in [0, 0.05) is 17.1 Å². The number of ether oxygens (including phenoxy) is 2. The Morgan fingerprint density at radius 2 is 2.15 bits per heavy atom. The van der Waals surface area contributed by atoms with Crippen molar-refractivity contribution >= 4 is 21.6 Å². The molecule has 1 aliphatic carbocycles. The average molecular weight is 340 g/mol. The molecule has 1 unspecified atom stereocenters. The second-order valence-corrected chi connectivity index (χ2v) is 6.75. The van der Waals surface area contributed by atoms with Gasteiger partial charge in [0.25, 0.3) is 0 Å². The maximum atomic E-state index is 6.32. The van der Waals surface area contributed by atoms with Crippen LogP contribution in [-0.4, -0.2) is 25.4 Å². The number of rotatable bonds is 4. The van der Waals surface area contributed by atoms with Crippen LogP contribution in [0, 0.1) is 0 Å². The van der Waals surface area contributed by atoms with Crippen LogP contribution in [-0.2, 0) is 4.74 Å². The van der Waals surface area contributed by atoms with Gasteiger partial charge in [-0.25, -0.2) is 0 Å². The summed E-state index contributed by atoms with van der Waals surface area (Å²) >= 11 is 3.57. The van der Waals surface area contributed by atoms with Crippen molar-refractivity contribution in [3.05, 3.63) is 22.7 Å². The molecule has 4 heteroatoms. The van der Waals surface area contributed by atoms with E-state index >= 15 is 0 Å². The van der Waals surface area contributed by atoms with Gasteiger partial charge in [0.1, 0.15) is 5.75 Å². The monoisotopic (exact) mass is 339 g/mol. The highest BCUT2D eigenvalue weighted by atomic mass is 79.9. The molecule has 1 heterocycles. The van der Waals surface area contributed by atoms with Gasteiger partial charge in [0.2, 0.25) is 0 Å². The summed E-state index contributed by atoms with van der Waals surface area (Å²) in [6.45, 7) is 0.869. The predicted octanol–water partition coefficient (Wildman–Crippen LogP) is 4.36. The summed E-state index contributed by atoms with van der Waals surface area (Å²) < 4.78 is 12.6. The maximum absolute atomic E-state index is 6.32. The minimum Gasteiger partial charge on any atom is -0.497 e. The Hall–Kier alpha value is -0.740. The van der Waals surface area contributed by atoms with E-state index in [0.29, 0.717) is 6.10 Å². The van der Waals surface area contributed by atoms with Crippen LogP contribution < -0.4 is 10.1 Å². The van der Waals surface area contributed by atoms with E-state index in [1.54, 1.807) is 7.11 Å². The van der Waals surface area contributed by atoms with Crippen LogP contribution in [0.4, 0.5) is 5.69 Å². The lowest BCUT2D eigenvalue weighted by Crippen LogP contribution is -2.27. The molecule has 0 radical (unpaired) electrons. The first-order chi connectivity index (χ1) is 9.71. The minimum atomic E-state index is 0.220. The lowest BCUT2D eigenvalue weighted by molar-refractivity contribution is -0.0307. The molecular weight excluding hydrogens is 318 g/mol. The highest BCUT2D eigenvalue weighted by Crippen LogP contribution is 2.43. The predicted molar refractivity (Wildman–Crippen MR) is 84.5 cm³/mol. The van der Waals surface area contributed by atoms with E-state index in [1.165, 1.54) is 38.5 Å². The average Bonchev–Trinajstić information content (AvgIpc) is 3.09. The second-order valence-electron chi connectivity index (χ2n) is 5.90. The van der Waals surface area contributed by atoms with Crippen molar-refractivity contribution in [1.29, 1.82) is 0 Å². The quantitative estimate of drug-likeness (QED) is 0.883. The van der Waals surface area contributed by atoms with Gasteiger partial charge in [-0.3, -0.25) is 0 Å². The molecule has 3 nitrogen and oxygen atoms in total. The maximum Gasteiger partial charge on any atom is 0.121 e. The van der Waals surface area contributed by atoms with Crippen LogP contribution in [0.5, 0.6) is 5.75 Å². The molecule has 1 saturated heterocycles. The Morgan fingerprint density at radius 3 is 2.90 bits per heavy atom. The normalized spacial score (nSPS) is 24.2. The Bertz CT molecular complexity index is 472. The molecule has 110 valence electrons. The summed E-state index contributed by atoms with van der Waals surface area (Å²) in [5, 5.41) is 3.48. The van der Waals surface area contributed by atoms with Gasteiger partial charge >= 0.3 is 0 Å². The molecule has 3 rings (SSSR count). The fourth-order valence-corrected chi connectivity index (χ4v) is 3.80. The minimum absolute atomic E-state index is 0.220. The van der Waals surface area contributed by atoms with E-state index in [-0.39, 0.29) is 5.60 Å². The van der Waals surface area contributed by atoms with Gasteiger partial charge in [-0.2, -0.15) is 0 Å². The number of hydrogen-bond acceptors (Lipinski definition) is 3. The molecule has 20 heavy (non-hydrogen) atoms. The smallest absolute Gasteiger partial charge is 0.121 e. The number of halogens is 1. The first kappa shape index (κ1) is 14.2. The Kier molecular flexibility index (Phi) is 4.22. The third-order valence-electron chi connectivity index (χ3n) is 4.55. The van der Waals surface area contributed by atoms with Gasteiger partial charge < -0.3 is 14.8 Å². The molecule has 0 amide bonds. The van der Waals surface area contributed by atoms with E-state index in [9.17, 15) is 0 Å². The van der Waals surface area contributed by atoms with Gasteiger partial charge in [0.15, 0.2) is 0 Å². The summed E-state index contributed by atoms with van der Waals surface area (Å²) in [7, 11) is 1.69. The van der Waals surface area contributed by atoms with Gasteiger partial charge in [-0.05, 0) is 53.7 Å². The summed E-state index contributed by atoms with van der Waals surface area (Å²) in [6.07, 6.45) is 7.93. The zero-order chi connectivity index (χ0) is 14.0. The molecule has 1 saturated carbocycles. The first-order valence-corrected chi connectivity index (χ1v) is 8.25. The summed E-state index contributed by atoms with van der Waals surface area (Å²) in [5.41, 5.74) is 1.29. The molecule has 1 N–H and O–H groups in total. The number of methoxy groups -OCH3 is 1. The third-order valence-corrected chi connectivity index (χ3v) is 5.24. The number of anilines is 1. The topological polar surface area (TPSA) is 30.5 Å². The van der Waals surface area contributed by atoms with Crippen LogP contribution in [0.2, 0.25) is 0 Å². The number of benzene rings is 1. The molecule has 2 aliphatic rings. The third kappa shape index (κ3) is 2.96. The largest absolute Gasteiger partial charge is 0.497 e. The molecule has 1 atom stereocenters. The van der Waals surface area contributed by atoms with Crippen LogP contribution in [0.15, 0.2) is 22.7 Å². The van der Waals surface area contributed by atoms with Crippen molar-refractivity contribution < 1.29 is 9.47 Å². The van der Waals surface area contributed by atoms with Crippen LogP contribution in [0.3, 0.4) is 0 Å². The Labute approximate surface area is 129 Å². The zero-order valence-electron chi connectivity index (χ0n) is 12.0. The van der Waals surface area contributed by atoms with Gasteiger partial charge in [-0.15, -0.1) is 0 Å². The summed E-state index contributed by atoms with van der Waals surface area (Å²) in [4.78, 5) is 0. The molecule has 0 bridgehead atoms. The van der Waals surface area contributed by atoms with Crippen molar-refractivity contribution in [3.63, 3.8) is 0 Å². The van der Waals surface area contributed by atoms with Crippen molar-refractivity contribution in [2.45, 2.75) is 50.2 Å². The fraction of sp³-hybridized carbons (Fsp3) is 0.625. The van der Waals surface area contributed by atoms with Crippen molar-refractivity contribution in [2.75, 3.05) is 19.0 Å². The molecule has 1 spiro atoms.